The molecule has 3 aromatic rings. The van der Waals surface area contributed by atoms with Crippen molar-refractivity contribution in [2.75, 3.05) is 5.32 Å². The maximum absolute atomic E-state index is 12.7. The highest BCUT2D eigenvalue weighted by molar-refractivity contribution is 6.02. The van der Waals surface area contributed by atoms with Crippen molar-refractivity contribution in [3.05, 3.63) is 66.1 Å². The lowest BCUT2D eigenvalue weighted by Gasteiger charge is -2.05. The van der Waals surface area contributed by atoms with Crippen LogP contribution in [-0.2, 0) is 6.54 Å². The van der Waals surface area contributed by atoms with Gasteiger partial charge >= 0.3 is 6.55 Å². The molecule has 0 spiro atoms. The summed E-state index contributed by atoms with van der Waals surface area (Å²) in [6.45, 7) is -2.33. The summed E-state index contributed by atoms with van der Waals surface area (Å²) in [6.07, 6.45) is 2.85. The fourth-order valence-corrected chi connectivity index (χ4v) is 2.12. The predicted molar refractivity (Wildman–Crippen MR) is 79.2 cm³/mol. The first kappa shape index (κ1) is 14.9. The Labute approximate surface area is 130 Å². The second-order valence-electron chi connectivity index (χ2n) is 4.78. The Morgan fingerprint density at radius 1 is 1.17 bits per heavy atom. The molecule has 0 radical (unpaired) electrons. The number of amides is 1. The molecule has 1 N–H and O–H groups in total. The van der Waals surface area contributed by atoms with E-state index in [4.69, 9.17) is 0 Å². The smallest absolute Gasteiger partial charge is 0.304 e. The van der Waals surface area contributed by atoms with E-state index in [9.17, 15) is 13.6 Å². The summed E-state index contributed by atoms with van der Waals surface area (Å²) in [4.78, 5) is 12.0. The molecule has 3 rings (SSSR count). The number of hydrogen-bond donors (Lipinski definition) is 1. The van der Waals surface area contributed by atoms with E-state index in [1.54, 1.807) is 16.9 Å². The largest absolute Gasteiger partial charge is 0.333 e. The number of nitrogens with zero attached hydrogens (tertiary/aromatic N) is 4. The van der Waals surface area contributed by atoms with E-state index in [-0.39, 0.29) is 11.5 Å². The molecule has 2 aromatic heterocycles. The second kappa shape index (κ2) is 6.39. The van der Waals surface area contributed by atoms with Crippen LogP contribution in [0.5, 0.6) is 0 Å². The summed E-state index contributed by atoms with van der Waals surface area (Å²) in [5.74, 6) is -0.402. The summed E-state index contributed by atoms with van der Waals surface area (Å²) in [5.41, 5.74) is 0.835. The third kappa shape index (κ3) is 3.42. The fraction of sp³-hybridized carbons (Fsp3) is 0.133. The molecule has 0 saturated carbocycles. The van der Waals surface area contributed by atoms with Gasteiger partial charge in [-0.05, 0) is 11.6 Å². The van der Waals surface area contributed by atoms with Gasteiger partial charge in [0.1, 0.15) is 5.69 Å². The van der Waals surface area contributed by atoms with Crippen LogP contribution in [0.15, 0.2) is 54.9 Å². The van der Waals surface area contributed by atoms with Crippen LogP contribution in [0.25, 0.3) is 0 Å². The lowest BCUT2D eigenvalue weighted by atomic mass is 10.2. The standard InChI is InChI=1S/C15H13F2N5O/c16-15(17)22-12(6-8-18-22)14(23)19-13-7-9-21(20-13)10-11-4-2-1-3-5-11/h1-9,15H,10H2,(H,19,20,23). The first-order valence-electron chi connectivity index (χ1n) is 6.84. The number of aromatic nitrogens is 4. The number of benzene rings is 1. The van der Waals surface area contributed by atoms with Gasteiger partial charge in [-0.15, -0.1) is 0 Å². The molecule has 0 bridgehead atoms. The number of anilines is 1. The van der Waals surface area contributed by atoms with Gasteiger partial charge in [0.05, 0.1) is 6.54 Å². The highest BCUT2D eigenvalue weighted by Crippen LogP contribution is 2.14. The minimum Gasteiger partial charge on any atom is -0.304 e. The van der Waals surface area contributed by atoms with Gasteiger partial charge in [-0.1, -0.05) is 30.3 Å². The summed E-state index contributed by atoms with van der Waals surface area (Å²) < 4.78 is 27.4. The van der Waals surface area contributed by atoms with Gasteiger partial charge in [0.25, 0.3) is 5.91 Å². The van der Waals surface area contributed by atoms with Crippen LogP contribution >= 0.6 is 0 Å². The van der Waals surface area contributed by atoms with Crippen molar-refractivity contribution in [1.29, 1.82) is 0 Å². The molecule has 0 atom stereocenters. The van der Waals surface area contributed by atoms with Gasteiger partial charge in [0.2, 0.25) is 0 Å². The van der Waals surface area contributed by atoms with E-state index >= 15 is 0 Å². The first-order valence-corrected chi connectivity index (χ1v) is 6.84. The van der Waals surface area contributed by atoms with Gasteiger partial charge in [0, 0.05) is 18.5 Å². The Balaban J connectivity index is 1.69. The van der Waals surface area contributed by atoms with Crippen LogP contribution in [0.3, 0.4) is 0 Å². The van der Waals surface area contributed by atoms with Crippen LogP contribution in [0.2, 0.25) is 0 Å². The zero-order valence-corrected chi connectivity index (χ0v) is 11.9. The van der Waals surface area contributed by atoms with E-state index in [0.717, 1.165) is 11.8 Å². The number of carbonyl (C=O) groups excluding carboxylic acids is 1. The lowest BCUT2D eigenvalue weighted by Crippen LogP contribution is -2.18. The predicted octanol–water partition coefficient (Wildman–Crippen LogP) is 2.78. The van der Waals surface area contributed by atoms with E-state index in [2.05, 4.69) is 15.5 Å². The topological polar surface area (TPSA) is 64.7 Å². The zero-order valence-electron chi connectivity index (χ0n) is 11.9. The van der Waals surface area contributed by atoms with Crippen molar-refractivity contribution in [3.8, 4) is 0 Å². The van der Waals surface area contributed by atoms with E-state index in [0.29, 0.717) is 11.2 Å². The molecule has 0 aliphatic carbocycles. The Hall–Kier alpha value is -3.03. The number of nitrogens with one attached hydrogen (secondary N) is 1. The average molecular weight is 317 g/mol. The van der Waals surface area contributed by atoms with Crippen LogP contribution in [0.4, 0.5) is 14.6 Å². The highest BCUT2D eigenvalue weighted by Gasteiger charge is 2.18. The normalized spacial score (nSPS) is 10.9. The molecule has 0 saturated heterocycles. The van der Waals surface area contributed by atoms with E-state index in [1.165, 1.54) is 6.07 Å². The van der Waals surface area contributed by atoms with Crippen molar-refractivity contribution in [3.63, 3.8) is 0 Å². The molecule has 0 unspecified atom stereocenters. The summed E-state index contributed by atoms with van der Waals surface area (Å²) in [5, 5.41) is 10.1. The number of halogens is 2. The van der Waals surface area contributed by atoms with Gasteiger partial charge in [0.15, 0.2) is 5.82 Å². The van der Waals surface area contributed by atoms with Gasteiger partial charge < -0.3 is 5.32 Å². The molecule has 6 nitrogen and oxygen atoms in total. The first-order chi connectivity index (χ1) is 11.1. The fourth-order valence-electron chi connectivity index (χ4n) is 2.12. The molecular formula is C15H13F2N5O. The molecule has 0 aliphatic heterocycles. The Kier molecular flexibility index (Phi) is 4.13. The quantitative estimate of drug-likeness (QED) is 0.787. The van der Waals surface area contributed by atoms with E-state index < -0.39 is 12.5 Å². The van der Waals surface area contributed by atoms with Crippen molar-refractivity contribution >= 4 is 11.7 Å². The summed E-state index contributed by atoms with van der Waals surface area (Å²) >= 11 is 0. The second-order valence-corrected chi connectivity index (χ2v) is 4.78. The molecule has 1 aromatic carbocycles. The Morgan fingerprint density at radius 3 is 2.70 bits per heavy atom. The van der Waals surface area contributed by atoms with Crippen LogP contribution in [-0.4, -0.2) is 25.5 Å². The third-order valence-corrected chi connectivity index (χ3v) is 3.16. The number of rotatable bonds is 5. The lowest BCUT2D eigenvalue weighted by molar-refractivity contribution is 0.0520. The van der Waals surface area contributed by atoms with Crippen molar-refractivity contribution in [2.24, 2.45) is 0 Å². The molecule has 1 amide bonds. The molecule has 8 heteroatoms. The highest BCUT2D eigenvalue weighted by atomic mass is 19.3. The molecule has 2 heterocycles. The maximum atomic E-state index is 12.7. The molecular weight excluding hydrogens is 304 g/mol. The zero-order chi connectivity index (χ0) is 16.2. The van der Waals surface area contributed by atoms with Crippen molar-refractivity contribution < 1.29 is 13.6 Å². The SMILES string of the molecule is O=C(Nc1ccn(Cc2ccccc2)n1)c1ccnn1C(F)F. The van der Waals surface area contributed by atoms with Crippen LogP contribution in [0.1, 0.15) is 22.6 Å². The monoisotopic (exact) mass is 317 g/mol. The third-order valence-electron chi connectivity index (χ3n) is 3.16. The molecule has 118 valence electrons. The Morgan fingerprint density at radius 2 is 1.96 bits per heavy atom. The Bertz CT molecular complexity index is 797. The minimum atomic E-state index is -2.87. The van der Waals surface area contributed by atoms with Crippen molar-refractivity contribution in [1.82, 2.24) is 19.6 Å². The molecule has 0 fully saturated rings. The van der Waals surface area contributed by atoms with Crippen LogP contribution < -0.4 is 5.32 Å². The van der Waals surface area contributed by atoms with Gasteiger partial charge in [-0.3, -0.25) is 9.48 Å². The van der Waals surface area contributed by atoms with Crippen LogP contribution in [0, 0.1) is 0 Å². The number of hydrogen-bond acceptors (Lipinski definition) is 3. The average Bonchev–Trinajstić information content (AvgIpc) is 3.17. The van der Waals surface area contributed by atoms with Crippen molar-refractivity contribution in [2.45, 2.75) is 13.1 Å². The maximum Gasteiger partial charge on any atom is 0.333 e. The van der Waals surface area contributed by atoms with E-state index in [1.807, 2.05) is 30.3 Å². The number of alkyl halides is 2. The minimum absolute atomic E-state index is 0.224. The molecule has 0 aliphatic rings. The summed E-state index contributed by atoms with van der Waals surface area (Å²) in [6, 6.07) is 12.5. The molecule has 23 heavy (non-hydrogen) atoms. The van der Waals surface area contributed by atoms with Gasteiger partial charge in [-0.25, -0.2) is 0 Å². The summed E-state index contributed by atoms with van der Waals surface area (Å²) in [7, 11) is 0. The van der Waals surface area contributed by atoms with Gasteiger partial charge in [-0.2, -0.15) is 23.7 Å². The number of carbonyl (C=O) groups is 1.